The fourth-order valence-electron chi connectivity index (χ4n) is 2.73. The molecular formula is C16H18FN3O2. The van der Waals surface area contributed by atoms with Crippen molar-refractivity contribution in [1.29, 1.82) is 5.26 Å². The van der Waals surface area contributed by atoms with Crippen LogP contribution < -0.4 is 5.56 Å². The number of nitrogens with one attached hydrogen (secondary N) is 1. The van der Waals surface area contributed by atoms with Crippen molar-refractivity contribution in [3.63, 3.8) is 0 Å². The van der Waals surface area contributed by atoms with Gasteiger partial charge in [-0.1, -0.05) is 0 Å². The van der Waals surface area contributed by atoms with Crippen LogP contribution in [-0.4, -0.2) is 28.9 Å². The van der Waals surface area contributed by atoms with Crippen LogP contribution in [0.25, 0.3) is 0 Å². The van der Waals surface area contributed by atoms with Gasteiger partial charge >= 0.3 is 0 Å². The van der Waals surface area contributed by atoms with Crippen molar-refractivity contribution in [3.05, 3.63) is 44.6 Å². The van der Waals surface area contributed by atoms with E-state index in [0.29, 0.717) is 30.6 Å². The Morgan fingerprint density at radius 1 is 1.50 bits per heavy atom. The van der Waals surface area contributed by atoms with Crippen LogP contribution >= 0.6 is 0 Å². The highest BCUT2D eigenvalue weighted by Gasteiger charge is 2.19. The minimum Gasteiger partial charge on any atom is -0.336 e. The predicted octanol–water partition coefficient (Wildman–Crippen LogP) is 1.88. The molecule has 2 heterocycles. The van der Waals surface area contributed by atoms with Gasteiger partial charge in [-0.2, -0.15) is 5.26 Å². The molecule has 1 N–H and O–H groups in total. The molecule has 1 aliphatic rings. The molecular weight excluding hydrogens is 285 g/mol. The molecule has 0 bridgehead atoms. The Bertz CT molecular complexity index is 728. The van der Waals surface area contributed by atoms with Crippen LogP contribution in [0.2, 0.25) is 0 Å². The lowest BCUT2D eigenvalue weighted by molar-refractivity contribution is -0.131. The summed E-state index contributed by atoms with van der Waals surface area (Å²) in [7, 11) is 0. The average Bonchev–Trinajstić information content (AvgIpc) is 2.46. The Morgan fingerprint density at radius 2 is 2.23 bits per heavy atom. The minimum atomic E-state index is -0.407. The summed E-state index contributed by atoms with van der Waals surface area (Å²) in [5.41, 5.74) is 1.76. The van der Waals surface area contributed by atoms with Gasteiger partial charge in [-0.05, 0) is 43.9 Å². The van der Waals surface area contributed by atoms with E-state index in [1.54, 1.807) is 13.8 Å². The summed E-state index contributed by atoms with van der Waals surface area (Å²) in [6, 6.07) is 1.89. The van der Waals surface area contributed by atoms with Gasteiger partial charge in [0, 0.05) is 18.7 Å². The SMILES string of the molecule is Cc1[nH]c(=O)c(C#N)c(C)c1CCC(=O)N1CCC=C(F)C1. The zero-order valence-electron chi connectivity index (χ0n) is 12.7. The topological polar surface area (TPSA) is 77.0 Å². The van der Waals surface area contributed by atoms with E-state index in [0.717, 1.165) is 5.56 Å². The molecule has 0 aliphatic carbocycles. The highest BCUT2D eigenvalue weighted by atomic mass is 19.1. The number of aromatic amines is 1. The monoisotopic (exact) mass is 303 g/mol. The summed E-state index contributed by atoms with van der Waals surface area (Å²) in [4.78, 5) is 28.0. The Kier molecular flexibility index (Phi) is 4.76. The molecule has 0 radical (unpaired) electrons. The third-order valence-corrected chi connectivity index (χ3v) is 3.97. The van der Waals surface area contributed by atoms with Gasteiger partial charge in [-0.15, -0.1) is 0 Å². The number of nitrogens with zero attached hydrogens (tertiary/aromatic N) is 2. The van der Waals surface area contributed by atoms with Crippen molar-refractivity contribution in [2.45, 2.75) is 33.1 Å². The standard InChI is InChI=1S/C16H18FN3O2/c1-10-13(11(2)19-16(22)14(10)8-18)5-6-15(21)20-7-3-4-12(17)9-20/h4H,3,5-7,9H2,1-2H3,(H,19,22). The van der Waals surface area contributed by atoms with E-state index in [-0.39, 0.29) is 30.3 Å². The number of aromatic nitrogens is 1. The van der Waals surface area contributed by atoms with Crippen LogP contribution in [0.5, 0.6) is 0 Å². The van der Waals surface area contributed by atoms with Crippen LogP contribution in [0.1, 0.15) is 35.2 Å². The molecule has 0 spiro atoms. The first kappa shape index (κ1) is 16.0. The maximum Gasteiger partial charge on any atom is 0.266 e. The van der Waals surface area contributed by atoms with Gasteiger partial charge in [0.05, 0.1) is 6.54 Å². The normalized spacial score (nSPS) is 14.5. The first-order chi connectivity index (χ1) is 10.4. The van der Waals surface area contributed by atoms with Crippen molar-refractivity contribution < 1.29 is 9.18 Å². The predicted molar refractivity (Wildman–Crippen MR) is 80.0 cm³/mol. The summed E-state index contributed by atoms with van der Waals surface area (Å²) >= 11 is 0. The summed E-state index contributed by atoms with van der Waals surface area (Å²) in [6.07, 6.45) is 2.68. The second-order valence-corrected chi connectivity index (χ2v) is 5.42. The van der Waals surface area contributed by atoms with E-state index in [2.05, 4.69) is 4.98 Å². The maximum atomic E-state index is 13.2. The number of amides is 1. The van der Waals surface area contributed by atoms with E-state index in [4.69, 9.17) is 5.26 Å². The van der Waals surface area contributed by atoms with Crippen molar-refractivity contribution in [2.75, 3.05) is 13.1 Å². The number of carbonyl (C=O) groups excluding carboxylic acids is 1. The fourth-order valence-corrected chi connectivity index (χ4v) is 2.73. The van der Waals surface area contributed by atoms with Gasteiger partial charge < -0.3 is 9.88 Å². The van der Waals surface area contributed by atoms with E-state index < -0.39 is 5.56 Å². The Balaban J connectivity index is 2.12. The van der Waals surface area contributed by atoms with Crippen molar-refractivity contribution >= 4 is 5.91 Å². The number of carbonyl (C=O) groups is 1. The minimum absolute atomic E-state index is 0.0336. The largest absolute Gasteiger partial charge is 0.336 e. The summed E-state index contributed by atoms with van der Waals surface area (Å²) < 4.78 is 13.2. The second-order valence-electron chi connectivity index (χ2n) is 5.42. The number of aryl methyl sites for hydroxylation is 1. The summed E-state index contributed by atoms with van der Waals surface area (Å²) in [5, 5.41) is 9.03. The van der Waals surface area contributed by atoms with E-state index >= 15 is 0 Å². The third-order valence-electron chi connectivity index (χ3n) is 3.97. The van der Waals surface area contributed by atoms with Crippen molar-refractivity contribution in [1.82, 2.24) is 9.88 Å². The van der Waals surface area contributed by atoms with Gasteiger partial charge in [-0.25, -0.2) is 4.39 Å². The van der Waals surface area contributed by atoms with E-state index in [1.165, 1.54) is 11.0 Å². The lowest BCUT2D eigenvalue weighted by Crippen LogP contribution is -2.35. The number of pyridine rings is 1. The Hall–Kier alpha value is -2.42. The van der Waals surface area contributed by atoms with Gasteiger partial charge in [-0.3, -0.25) is 9.59 Å². The molecule has 2 rings (SSSR count). The number of hydrogen-bond donors (Lipinski definition) is 1. The Labute approximate surface area is 128 Å². The molecule has 5 nitrogen and oxygen atoms in total. The lowest BCUT2D eigenvalue weighted by atomic mass is 9.98. The van der Waals surface area contributed by atoms with Crippen LogP contribution in [0.15, 0.2) is 16.7 Å². The highest BCUT2D eigenvalue weighted by Crippen LogP contribution is 2.17. The molecule has 0 atom stereocenters. The van der Waals surface area contributed by atoms with Gasteiger partial charge in [0.2, 0.25) is 5.91 Å². The molecule has 1 amide bonds. The summed E-state index contributed by atoms with van der Waals surface area (Å²) in [6.45, 7) is 4.02. The number of rotatable bonds is 3. The van der Waals surface area contributed by atoms with Gasteiger partial charge in [0.15, 0.2) is 0 Å². The van der Waals surface area contributed by atoms with Crippen LogP contribution in [0.4, 0.5) is 4.39 Å². The Morgan fingerprint density at radius 3 is 2.86 bits per heavy atom. The molecule has 6 heteroatoms. The molecule has 1 aromatic rings. The van der Waals surface area contributed by atoms with Crippen LogP contribution in [0, 0.1) is 25.2 Å². The first-order valence-electron chi connectivity index (χ1n) is 7.18. The smallest absolute Gasteiger partial charge is 0.266 e. The second kappa shape index (κ2) is 6.56. The quantitative estimate of drug-likeness (QED) is 0.926. The summed E-state index contributed by atoms with van der Waals surface area (Å²) in [5.74, 6) is -0.394. The molecule has 0 saturated carbocycles. The number of nitriles is 1. The zero-order chi connectivity index (χ0) is 16.3. The maximum absolute atomic E-state index is 13.2. The molecule has 1 aromatic heterocycles. The van der Waals surface area contributed by atoms with E-state index in [1.807, 2.05) is 6.07 Å². The van der Waals surface area contributed by atoms with Crippen molar-refractivity contribution in [2.24, 2.45) is 0 Å². The third kappa shape index (κ3) is 3.25. The molecule has 116 valence electrons. The number of H-pyrrole nitrogens is 1. The van der Waals surface area contributed by atoms with E-state index in [9.17, 15) is 14.0 Å². The first-order valence-corrected chi connectivity index (χ1v) is 7.18. The molecule has 0 saturated heterocycles. The number of halogens is 1. The molecule has 22 heavy (non-hydrogen) atoms. The van der Waals surface area contributed by atoms with Gasteiger partial charge in [0.1, 0.15) is 17.5 Å². The molecule has 0 fully saturated rings. The highest BCUT2D eigenvalue weighted by molar-refractivity contribution is 5.77. The number of hydrogen-bond acceptors (Lipinski definition) is 3. The fraction of sp³-hybridized carbons (Fsp3) is 0.438. The molecule has 0 aromatic carbocycles. The van der Waals surface area contributed by atoms with Crippen LogP contribution in [-0.2, 0) is 11.2 Å². The van der Waals surface area contributed by atoms with Gasteiger partial charge in [0.25, 0.3) is 5.56 Å². The average molecular weight is 303 g/mol. The van der Waals surface area contributed by atoms with Crippen molar-refractivity contribution in [3.8, 4) is 6.07 Å². The van der Waals surface area contributed by atoms with Crippen LogP contribution in [0.3, 0.4) is 0 Å². The molecule has 1 aliphatic heterocycles. The molecule has 0 unspecified atom stereocenters. The zero-order valence-corrected chi connectivity index (χ0v) is 12.7. The lowest BCUT2D eigenvalue weighted by Gasteiger charge is -2.24.